The minimum absolute atomic E-state index is 0.0152. The fourth-order valence-corrected chi connectivity index (χ4v) is 9.80. The van der Waals surface area contributed by atoms with E-state index in [0.29, 0.717) is 18.7 Å². The van der Waals surface area contributed by atoms with Gasteiger partial charge in [0.1, 0.15) is 11.6 Å². The maximum atomic E-state index is 15.5. The normalized spacial score (nSPS) is 20.9. The lowest BCUT2D eigenvalue weighted by molar-refractivity contribution is 0.267. The molecule has 0 N–H and O–H groups in total. The van der Waals surface area contributed by atoms with Crippen molar-refractivity contribution >= 4 is 28.7 Å². The minimum Gasteiger partial charge on any atom is -0.304 e. The lowest BCUT2D eigenvalue weighted by Crippen LogP contribution is -2.44. The molecule has 178 valence electrons. The molecule has 9 heteroatoms. The second-order valence-electron chi connectivity index (χ2n) is 8.62. The van der Waals surface area contributed by atoms with Crippen LogP contribution in [0.4, 0.5) is 15.8 Å². The van der Waals surface area contributed by atoms with E-state index in [4.69, 9.17) is 0 Å². The Labute approximate surface area is 200 Å². The highest BCUT2D eigenvalue weighted by atomic mass is 32.2. The van der Waals surface area contributed by atoms with E-state index >= 15 is 4.57 Å². The van der Waals surface area contributed by atoms with Gasteiger partial charge in [0.2, 0.25) is 0 Å². The Morgan fingerprint density at radius 3 is 1.65 bits per heavy atom. The Morgan fingerprint density at radius 1 is 0.706 bits per heavy atom. The monoisotopic (exact) mass is 499 g/mol. The number of para-hydroxylation sites is 2. The Hall–Kier alpha value is -2.67. The number of rotatable bonds is 5. The number of sulfone groups is 1. The third kappa shape index (κ3) is 4.26. The summed E-state index contributed by atoms with van der Waals surface area (Å²) in [6.45, 7) is 1.67. The summed E-state index contributed by atoms with van der Waals surface area (Å²) in [5.41, 5.74) is 2.41. The van der Waals surface area contributed by atoms with Gasteiger partial charge in [-0.1, -0.05) is 48.5 Å². The van der Waals surface area contributed by atoms with Crippen LogP contribution >= 0.6 is 7.44 Å². The lowest BCUT2D eigenvalue weighted by Gasteiger charge is -2.44. The van der Waals surface area contributed by atoms with Gasteiger partial charge in [0.15, 0.2) is 9.84 Å². The average Bonchev–Trinajstić information content (AvgIpc) is 3.20. The SMILES string of the molecule is O=P1(C(c2ccc(F)cc2)N2CCS(=O)(=O)CC2)N(c2ccccc2)CCN1c1ccccc1. The number of nitrogens with zero attached hydrogens (tertiary/aromatic N) is 3. The first-order valence-corrected chi connectivity index (χ1v) is 14.8. The highest BCUT2D eigenvalue weighted by Gasteiger charge is 2.52. The topological polar surface area (TPSA) is 60.9 Å². The number of hydrogen-bond donors (Lipinski definition) is 0. The number of anilines is 2. The number of hydrogen-bond acceptors (Lipinski definition) is 4. The van der Waals surface area contributed by atoms with Gasteiger partial charge in [-0.3, -0.25) is 9.46 Å². The highest BCUT2D eigenvalue weighted by Crippen LogP contribution is 2.69. The first-order chi connectivity index (χ1) is 16.4. The minimum atomic E-state index is -3.42. The largest absolute Gasteiger partial charge is 0.304 e. The molecule has 2 saturated heterocycles. The molecular formula is C25H27FN3O3PS. The summed E-state index contributed by atoms with van der Waals surface area (Å²) in [4.78, 5) is 2.01. The van der Waals surface area contributed by atoms with Crippen molar-refractivity contribution in [2.45, 2.75) is 5.78 Å². The summed E-state index contributed by atoms with van der Waals surface area (Å²) in [5, 5.41) is 0. The molecule has 3 aromatic carbocycles. The predicted molar refractivity (Wildman–Crippen MR) is 135 cm³/mol. The summed E-state index contributed by atoms with van der Waals surface area (Å²) in [6.07, 6.45) is 0. The zero-order chi connectivity index (χ0) is 23.8. The van der Waals surface area contributed by atoms with Gasteiger partial charge in [0, 0.05) is 37.6 Å². The first kappa shape index (κ1) is 23.1. The van der Waals surface area contributed by atoms with Crippen LogP contribution in [0, 0.1) is 5.82 Å². The predicted octanol–water partition coefficient (Wildman–Crippen LogP) is 4.77. The van der Waals surface area contributed by atoms with Gasteiger partial charge >= 0.3 is 0 Å². The molecule has 2 fully saturated rings. The van der Waals surface area contributed by atoms with Crippen LogP contribution in [0.5, 0.6) is 0 Å². The molecule has 0 saturated carbocycles. The van der Waals surface area contributed by atoms with Crippen molar-refractivity contribution in [1.29, 1.82) is 0 Å². The zero-order valence-electron chi connectivity index (χ0n) is 18.7. The van der Waals surface area contributed by atoms with Gasteiger partial charge in [-0.05, 0) is 42.0 Å². The van der Waals surface area contributed by atoms with E-state index in [0.717, 1.165) is 11.4 Å². The average molecular weight is 500 g/mol. The molecule has 2 heterocycles. The molecule has 0 radical (unpaired) electrons. The Kier molecular flexibility index (Phi) is 6.23. The van der Waals surface area contributed by atoms with Gasteiger partial charge in [-0.15, -0.1) is 0 Å². The van der Waals surface area contributed by atoms with Crippen molar-refractivity contribution in [3.8, 4) is 0 Å². The van der Waals surface area contributed by atoms with Crippen LogP contribution in [-0.4, -0.2) is 51.0 Å². The van der Waals surface area contributed by atoms with E-state index in [1.807, 2.05) is 74.9 Å². The summed E-state index contributed by atoms with van der Waals surface area (Å²) in [7, 11) is -6.55. The van der Waals surface area contributed by atoms with Crippen molar-refractivity contribution in [2.75, 3.05) is 47.0 Å². The molecular weight excluding hydrogens is 472 g/mol. The fraction of sp³-hybridized carbons (Fsp3) is 0.280. The van der Waals surface area contributed by atoms with E-state index in [1.165, 1.54) is 12.1 Å². The van der Waals surface area contributed by atoms with Gasteiger partial charge in [-0.2, -0.15) is 0 Å². The highest BCUT2D eigenvalue weighted by molar-refractivity contribution is 7.91. The maximum Gasteiger partial charge on any atom is 0.284 e. The van der Waals surface area contributed by atoms with E-state index < -0.39 is 23.1 Å². The van der Waals surface area contributed by atoms with Crippen molar-refractivity contribution in [1.82, 2.24) is 4.90 Å². The molecule has 3 aromatic rings. The molecule has 0 amide bonds. The molecule has 34 heavy (non-hydrogen) atoms. The Bertz CT molecular complexity index is 1220. The van der Waals surface area contributed by atoms with Crippen LogP contribution in [0.15, 0.2) is 84.9 Å². The van der Waals surface area contributed by atoms with Crippen LogP contribution in [0.2, 0.25) is 0 Å². The molecule has 0 aromatic heterocycles. The summed E-state index contributed by atoms with van der Waals surface area (Å²) < 4.78 is 57.7. The van der Waals surface area contributed by atoms with Gasteiger partial charge in [-0.25, -0.2) is 12.8 Å². The molecule has 5 rings (SSSR count). The third-order valence-electron chi connectivity index (χ3n) is 6.54. The van der Waals surface area contributed by atoms with Crippen LogP contribution in [0.1, 0.15) is 11.3 Å². The first-order valence-electron chi connectivity index (χ1n) is 11.3. The van der Waals surface area contributed by atoms with Crippen molar-refractivity contribution in [3.63, 3.8) is 0 Å². The maximum absolute atomic E-state index is 15.5. The Balaban J connectivity index is 1.68. The van der Waals surface area contributed by atoms with Crippen molar-refractivity contribution in [2.24, 2.45) is 0 Å². The smallest absolute Gasteiger partial charge is 0.284 e. The van der Waals surface area contributed by atoms with Crippen LogP contribution in [-0.2, 0) is 14.4 Å². The van der Waals surface area contributed by atoms with E-state index in [-0.39, 0.29) is 30.4 Å². The molecule has 2 aliphatic heterocycles. The van der Waals surface area contributed by atoms with Gasteiger partial charge < -0.3 is 9.34 Å². The quantitative estimate of drug-likeness (QED) is 0.471. The zero-order valence-corrected chi connectivity index (χ0v) is 20.4. The second-order valence-corrected chi connectivity index (χ2v) is 13.6. The van der Waals surface area contributed by atoms with E-state index in [9.17, 15) is 12.8 Å². The summed E-state index contributed by atoms with van der Waals surface area (Å²) in [6, 6.07) is 25.4. The van der Waals surface area contributed by atoms with Gasteiger partial charge in [0.05, 0.1) is 11.5 Å². The summed E-state index contributed by atoms with van der Waals surface area (Å²) in [5.74, 6) is -0.956. The summed E-state index contributed by atoms with van der Waals surface area (Å²) >= 11 is 0. The fourth-order valence-electron chi connectivity index (χ4n) is 4.88. The number of benzene rings is 3. The Morgan fingerprint density at radius 2 is 1.18 bits per heavy atom. The second kappa shape index (κ2) is 9.17. The van der Waals surface area contributed by atoms with Crippen LogP contribution in [0.3, 0.4) is 0 Å². The lowest BCUT2D eigenvalue weighted by atomic mass is 10.2. The molecule has 1 atom stereocenters. The molecule has 2 aliphatic rings. The van der Waals surface area contributed by atoms with Crippen molar-refractivity contribution < 1.29 is 17.4 Å². The third-order valence-corrected chi connectivity index (χ3v) is 11.7. The molecule has 0 spiro atoms. The van der Waals surface area contributed by atoms with Gasteiger partial charge in [0.25, 0.3) is 7.44 Å². The van der Waals surface area contributed by atoms with Crippen LogP contribution in [0.25, 0.3) is 0 Å². The molecule has 0 bridgehead atoms. The van der Waals surface area contributed by atoms with Crippen molar-refractivity contribution in [3.05, 3.63) is 96.3 Å². The van der Waals surface area contributed by atoms with Crippen LogP contribution < -0.4 is 9.34 Å². The number of halogens is 1. The molecule has 0 aliphatic carbocycles. The standard InChI is InChI=1S/C25H27FN3O3PS/c26-22-13-11-21(12-14-22)25(27-17-19-34(31,32)20-18-27)33(30)28(23-7-3-1-4-8-23)15-16-29(33)24-9-5-2-6-10-24/h1-14,25H,15-20H2. The molecule has 6 nitrogen and oxygen atoms in total. The van der Waals surface area contributed by atoms with E-state index in [2.05, 4.69) is 0 Å². The van der Waals surface area contributed by atoms with E-state index in [1.54, 1.807) is 12.1 Å². The molecule has 1 unspecified atom stereocenters.